The van der Waals surface area contributed by atoms with Crippen molar-refractivity contribution in [3.05, 3.63) is 88.8 Å². The number of hydrogen-bond acceptors (Lipinski definition) is 4. The Kier molecular flexibility index (Phi) is 8.30. The Hall–Kier alpha value is -3.10. The van der Waals surface area contributed by atoms with E-state index in [0.717, 1.165) is 35.9 Å². The predicted octanol–water partition coefficient (Wildman–Crippen LogP) is 4.91. The van der Waals surface area contributed by atoms with Crippen LogP contribution in [0, 0.1) is 5.92 Å². The van der Waals surface area contributed by atoms with Gasteiger partial charge in [-0.2, -0.15) is 13.2 Å². The molecule has 0 bridgehead atoms. The highest BCUT2D eigenvalue weighted by Gasteiger charge is 2.31. The number of alkyl halides is 3. The van der Waals surface area contributed by atoms with Crippen LogP contribution in [0.4, 0.5) is 13.2 Å². The van der Waals surface area contributed by atoms with Crippen LogP contribution in [-0.2, 0) is 10.9 Å². The topological polar surface area (TPSA) is 71.5 Å². The lowest BCUT2D eigenvalue weighted by Gasteiger charge is -2.32. The SMILES string of the molecule is CC1CCOC(COc2ccc(-c3ccccc3)cc2)C1O.O=c1cccc(C(F)(F)F)[nH]1. The largest absolute Gasteiger partial charge is 0.491 e. The minimum absolute atomic E-state index is 0.238. The van der Waals surface area contributed by atoms with Gasteiger partial charge < -0.3 is 19.6 Å². The third-order valence-corrected chi connectivity index (χ3v) is 5.32. The van der Waals surface area contributed by atoms with Crippen LogP contribution >= 0.6 is 0 Å². The minimum atomic E-state index is -4.47. The van der Waals surface area contributed by atoms with Crippen LogP contribution in [0.3, 0.4) is 0 Å². The highest BCUT2D eigenvalue weighted by Crippen LogP contribution is 2.26. The monoisotopic (exact) mass is 461 g/mol. The Balaban J connectivity index is 0.000000235. The summed E-state index contributed by atoms with van der Waals surface area (Å²) < 4.78 is 46.8. The van der Waals surface area contributed by atoms with Gasteiger partial charge in [0.25, 0.3) is 0 Å². The van der Waals surface area contributed by atoms with Crippen LogP contribution < -0.4 is 10.3 Å². The molecule has 0 saturated carbocycles. The van der Waals surface area contributed by atoms with E-state index in [4.69, 9.17) is 9.47 Å². The molecule has 8 heteroatoms. The maximum absolute atomic E-state index is 11.8. The molecule has 2 aromatic carbocycles. The summed E-state index contributed by atoms with van der Waals surface area (Å²) in [5.74, 6) is 1.07. The van der Waals surface area contributed by atoms with Crippen molar-refractivity contribution in [1.82, 2.24) is 4.98 Å². The third-order valence-electron chi connectivity index (χ3n) is 5.32. The van der Waals surface area contributed by atoms with E-state index in [1.165, 1.54) is 5.56 Å². The second-order valence-corrected chi connectivity index (χ2v) is 7.79. The van der Waals surface area contributed by atoms with Crippen molar-refractivity contribution >= 4 is 0 Å². The molecular weight excluding hydrogens is 435 g/mol. The summed E-state index contributed by atoms with van der Waals surface area (Å²) in [5.41, 5.74) is 0.578. The second kappa shape index (κ2) is 11.2. The molecule has 2 N–H and O–H groups in total. The van der Waals surface area contributed by atoms with Gasteiger partial charge in [-0.15, -0.1) is 0 Å². The molecule has 33 heavy (non-hydrogen) atoms. The van der Waals surface area contributed by atoms with E-state index in [9.17, 15) is 23.1 Å². The first-order chi connectivity index (χ1) is 15.7. The van der Waals surface area contributed by atoms with E-state index in [0.29, 0.717) is 13.2 Å². The number of aromatic nitrogens is 1. The second-order valence-electron chi connectivity index (χ2n) is 7.79. The van der Waals surface area contributed by atoms with Crippen molar-refractivity contribution in [3.63, 3.8) is 0 Å². The number of halogens is 3. The first-order valence-corrected chi connectivity index (χ1v) is 10.6. The maximum Gasteiger partial charge on any atom is 0.431 e. The van der Waals surface area contributed by atoms with Crippen molar-refractivity contribution < 1.29 is 27.8 Å². The Labute approximate surface area is 189 Å². The number of benzene rings is 2. The molecule has 1 aliphatic heterocycles. The molecule has 1 saturated heterocycles. The summed E-state index contributed by atoms with van der Waals surface area (Å²) in [4.78, 5) is 12.0. The van der Waals surface area contributed by atoms with Gasteiger partial charge in [0.2, 0.25) is 5.56 Å². The molecular formula is C25H26F3NO4. The molecule has 0 radical (unpaired) electrons. The van der Waals surface area contributed by atoms with Crippen molar-refractivity contribution in [2.45, 2.75) is 31.7 Å². The zero-order valence-corrected chi connectivity index (χ0v) is 18.1. The van der Waals surface area contributed by atoms with Crippen LogP contribution in [0.25, 0.3) is 11.1 Å². The molecule has 1 fully saturated rings. The summed E-state index contributed by atoms with van der Waals surface area (Å²) in [7, 11) is 0. The molecule has 0 aliphatic carbocycles. The Morgan fingerprint density at radius 1 is 1.00 bits per heavy atom. The fourth-order valence-electron chi connectivity index (χ4n) is 3.35. The van der Waals surface area contributed by atoms with Gasteiger partial charge in [-0.3, -0.25) is 4.79 Å². The Bertz CT molecular complexity index is 1050. The van der Waals surface area contributed by atoms with Gasteiger partial charge in [0.15, 0.2) is 0 Å². The van der Waals surface area contributed by atoms with E-state index < -0.39 is 23.5 Å². The summed E-state index contributed by atoms with van der Waals surface area (Å²) in [6.07, 6.45) is -4.25. The number of H-pyrrole nitrogens is 1. The third kappa shape index (κ3) is 7.20. The lowest BCUT2D eigenvalue weighted by atomic mass is 9.94. The number of aliphatic hydroxyl groups excluding tert-OH is 1. The van der Waals surface area contributed by atoms with Crippen molar-refractivity contribution in [2.24, 2.45) is 5.92 Å². The van der Waals surface area contributed by atoms with E-state index >= 15 is 0 Å². The van der Waals surface area contributed by atoms with Crippen LogP contribution in [-0.4, -0.2) is 35.5 Å². The number of nitrogens with one attached hydrogen (secondary N) is 1. The molecule has 1 aliphatic rings. The molecule has 3 aromatic rings. The number of aromatic amines is 1. The van der Waals surface area contributed by atoms with Crippen molar-refractivity contribution in [3.8, 4) is 16.9 Å². The van der Waals surface area contributed by atoms with Gasteiger partial charge in [-0.1, -0.05) is 55.5 Å². The standard InChI is InChI=1S/C19H22O3.C6H4F3NO/c1-14-11-12-21-18(19(14)20)13-22-17-9-7-16(8-10-17)15-5-3-2-4-6-15;7-6(8,9)4-2-1-3-5(11)10-4/h2-10,14,18-20H,11-13H2,1H3;1-3H,(H,10,11). The van der Waals surface area contributed by atoms with Gasteiger partial charge in [-0.25, -0.2) is 0 Å². The Morgan fingerprint density at radius 2 is 1.67 bits per heavy atom. The fourth-order valence-corrected chi connectivity index (χ4v) is 3.35. The Morgan fingerprint density at radius 3 is 2.27 bits per heavy atom. The predicted molar refractivity (Wildman–Crippen MR) is 119 cm³/mol. The fraction of sp³-hybridized carbons (Fsp3) is 0.320. The van der Waals surface area contributed by atoms with Crippen LogP contribution in [0.5, 0.6) is 5.75 Å². The number of hydrogen-bond donors (Lipinski definition) is 2. The van der Waals surface area contributed by atoms with Crippen LogP contribution in [0.1, 0.15) is 19.0 Å². The highest BCUT2D eigenvalue weighted by molar-refractivity contribution is 5.63. The zero-order chi connectivity index (χ0) is 23.8. The summed E-state index contributed by atoms with van der Waals surface area (Å²) in [6, 6.07) is 21.1. The molecule has 5 nitrogen and oxygen atoms in total. The molecule has 2 heterocycles. The minimum Gasteiger partial charge on any atom is -0.491 e. The molecule has 1 aromatic heterocycles. The zero-order valence-electron chi connectivity index (χ0n) is 18.1. The number of ether oxygens (including phenoxy) is 2. The van der Waals surface area contributed by atoms with Gasteiger partial charge in [0.05, 0.1) is 6.10 Å². The van der Waals surface area contributed by atoms with E-state index in [2.05, 4.69) is 19.1 Å². The maximum atomic E-state index is 11.8. The summed E-state index contributed by atoms with van der Waals surface area (Å²) in [5, 5.41) is 10.1. The normalized spacial score (nSPS) is 20.5. The van der Waals surface area contributed by atoms with Crippen molar-refractivity contribution in [2.75, 3.05) is 13.2 Å². The van der Waals surface area contributed by atoms with E-state index in [1.807, 2.05) is 42.5 Å². The van der Waals surface area contributed by atoms with Gasteiger partial charge in [0, 0.05) is 12.7 Å². The van der Waals surface area contributed by atoms with Crippen LogP contribution in [0.2, 0.25) is 0 Å². The number of pyridine rings is 1. The van der Waals surface area contributed by atoms with Crippen molar-refractivity contribution in [1.29, 1.82) is 0 Å². The van der Waals surface area contributed by atoms with Crippen LogP contribution in [0.15, 0.2) is 77.6 Å². The number of rotatable bonds is 4. The molecule has 3 unspecified atom stereocenters. The summed E-state index contributed by atoms with van der Waals surface area (Å²) in [6.45, 7) is 3.13. The lowest BCUT2D eigenvalue weighted by molar-refractivity contribution is -0.141. The molecule has 0 amide bonds. The average Bonchev–Trinajstić information content (AvgIpc) is 2.81. The molecule has 3 atom stereocenters. The highest BCUT2D eigenvalue weighted by atomic mass is 19.4. The number of aliphatic hydroxyl groups is 1. The van der Waals surface area contributed by atoms with Gasteiger partial charge >= 0.3 is 6.18 Å². The van der Waals surface area contributed by atoms with E-state index in [1.54, 1.807) is 4.98 Å². The first-order valence-electron chi connectivity index (χ1n) is 10.6. The smallest absolute Gasteiger partial charge is 0.431 e. The molecule has 4 rings (SSSR count). The molecule has 0 spiro atoms. The lowest BCUT2D eigenvalue weighted by Crippen LogP contribution is -2.43. The van der Waals surface area contributed by atoms with Gasteiger partial charge in [-0.05, 0) is 41.7 Å². The quantitative estimate of drug-likeness (QED) is 0.579. The average molecular weight is 461 g/mol. The van der Waals surface area contributed by atoms with Gasteiger partial charge in [0.1, 0.15) is 24.2 Å². The first kappa shape index (κ1) is 24.5. The molecule has 176 valence electrons. The summed E-state index contributed by atoms with van der Waals surface area (Å²) >= 11 is 0. The van der Waals surface area contributed by atoms with E-state index in [-0.39, 0.29) is 12.0 Å².